The molecule has 19 heteroatoms. The summed E-state index contributed by atoms with van der Waals surface area (Å²) in [5.41, 5.74) is 3.78. The molecule has 59 heavy (non-hydrogen) atoms. The van der Waals surface area contributed by atoms with Crippen molar-refractivity contribution in [3.8, 4) is 0 Å². The Morgan fingerprint density at radius 3 is 1.37 bits per heavy atom. The van der Waals surface area contributed by atoms with E-state index in [4.69, 9.17) is 9.47 Å². The number of anilines is 10. The molecular weight excluding hydrogens is 784 g/mol. The van der Waals surface area contributed by atoms with E-state index in [-0.39, 0.29) is 46.0 Å². The molecule has 4 aromatic carbocycles. The van der Waals surface area contributed by atoms with Crippen molar-refractivity contribution in [1.82, 2.24) is 29.9 Å². The van der Waals surface area contributed by atoms with Crippen LogP contribution in [0.25, 0.3) is 12.2 Å². The maximum atomic E-state index is 12.6. The van der Waals surface area contributed by atoms with Crippen LogP contribution in [-0.4, -0.2) is 125 Å². The van der Waals surface area contributed by atoms with Crippen molar-refractivity contribution in [2.45, 2.75) is 4.90 Å². The first-order chi connectivity index (χ1) is 28.3. The summed E-state index contributed by atoms with van der Waals surface area (Å²) in [7, 11) is -4.63. The van der Waals surface area contributed by atoms with Gasteiger partial charge in [0.2, 0.25) is 35.7 Å². The van der Waals surface area contributed by atoms with Crippen LogP contribution < -0.4 is 31.1 Å². The van der Waals surface area contributed by atoms with Gasteiger partial charge in [0, 0.05) is 48.9 Å². The topological polar surface area (TPSA) is 205 Å². The van der Waals surface area contributed by atoms with Gasteiger partial charge in [-0.15, -0.1) is 0 Å². The summed E-state index contributed by atoms with van der Waals surface area (Å²) in [4.78, 5) is 31.5. The molecule has 17 nitrogen and oxygen atoms in total. The Bertz CT molecular complexity index is 2470. The van der Waals surface area contributed by atoms with Crippen molar-refractivity contribution < 1.29 is 22.4 Å². The number of rotatable bonds is 13. The van der Waals surface area contributed by atoms with Crippen LogP contribution in [0.5, 0.6) is 0 Å². The number of benzene rings is 4. The average Bonchev–Trinajstić information content (AvgIpc) is 3.24. The van der Waals surface area contributed by atoms with Crippen molar-refractivity contribution in [3.63, 3.8) is 0 Å². The molecule has 2 aliphatic heterocycles. The van der Waals surface area contributed by atoms with E-state index in [9.17, 15) is 13.0 Å². The Balaban J connectivity index is 0.00000528. The molecule has 0 radical (unpaired) electrons. The molecule has 2 fully saturated rings. The average molecular weight is 825 g/mol. The van der Waals surface area contributed by atoms with Gasteiger partial charge in [0.15, 0.2) is 0 Å². The first-order valence-corrected chi connectivity index (χ1v) is 20.0. The second-order valence-electron chi connectivity index (χ2n) is 13.2. The molecule has 0 unspecified atom stereocenters. The van der Waals surface area contributed by atoms with Crippen molar-refractivity contribution in [2.75, 3.05) is 83.7 Å². The molecule has 0 saturated carbocycles. The van der Waals surface area contributed by atoms with E-state index in [1.807, 2.05) is 89.8 Å². The fraction of sp³-hybridized carbons (Fsp3) is 0.200. The van der Waals surface area contributed by atoms with E-state index in [0.29, 0.717) is 88.0 Å². The van der Waals surface area contributed by atoms with Crippen molar-refractivity contribution in [1.29, 1.82) is 0 Å². The molecular formula is C40H41N12NaO5S. The first kappa shape index (κ1) is 41.4. The van der Waals surface area contributed by atoms with Gasteiger partial charge in [-0.05, 0) is 59.7 Å². The van der Waals surface area contributed by atoms with Gasteiger partial charge in [-0.2, -0.15) is 38.3 Å². The van der Waals surface area contributed by atoms with E-state index in [0.717, 1.165) is 22.6 Å². The fourth-order valence-electron chi connectivity index (χ4n) is 6.16. The van der Waals surface area contributed by atoms with Gasteiger partial charge >= 0.3 is 29.6 Å². The summed E-state index contributed by atoms with van der Waals surface area (Å²) in [5.74, 6) is 2.22. The Labute approximate surface area is 363 Å². The van der Waals surface area contributed by atoms with E-state index < -0.39 is 10.1 Å². The summed E-state index contributed by atoms with van der Waals surface area (Å²) >= 11 is 0. The fourth-order valence-corrected chi connectivity index (χ4v) is 6.87. The second kappa shape index (κ2) is 19.3. The molecule has 2 saturated heterocycles. The molecule has 0 amide bonds. The number of para-hydroxylation sites is 2. The van der Waals surface area contributed by atoms with Crippen LogP contribution >= 0.6 is 0 Å². The SMILES string of the molecule is O=S(=O)(O)c1cc(Nc2nc(Nc3ccccc3)nc(N3CCOCC3)n2)ccc1C=Cc1ccc(Nc2nc(Nc3ccccc3)nc(N3CCOCC3)n2)cc1.[NaH]. The number of hydrogen-bond donors (Lipinski definition) is 5. The predicted octanol–water partition coefficient (Wildman–Crippen LogP) is 5.47. The molecule has 5 N–H and O–H groups in total. The number of hydrogen-bond acceptors (Lipinski definition) is 16. The minimum atomic E-state index is -4.63. The molecule has 298 valence electrons. The van der Waals surface area contributed by atoms with Gasteiger partial charge < -0.3 is 40.5 Å². The van der Waals surface area contributed by atoms with Gasteiger partial charge in [-0.25, -0.2) is 0 Å². The van der Waals surface area contributed by atoms with Crippen LogP contribution in [0.3, 0.4) is 0 Å². The molecule has 2 aromatic heterocycles. The van der Waals surface area contributed by atoms with Gasteiger partial charge in [-0.1, -0.05) is 66.7 Å². The number of ether oxygens (including phenoxy) is 2. The number of nitrogens with one attached hydrogen (secondary N) is 4. The third-order valence-electron chi connectivity index (χ3n) is 9.06. The van der Waals surface area contributed by atoms with E-state index in [1.54, 1.807) is 24.3 Å². The number of nitrogens with zero attached hydrogens (tertiary/aromatic N) is 8. The van der Waals surface area contributed by atoms with Crippen LogP contribution in [0, 0.1) is 0 Å². The van der Waals surface area contributed by atoms with Crippen LogP contribution in [0.4, 0.5) is 58.4 Å². The molecule has 0 spiro atoms. The normalized spacial score (nSPS) is 14.4. The predicted molar refractivity (Wildman–Crippen MR) is 231 cm³/mol. The van der Waals surface area contributed by atoms with Crippen molar-refractivity contribution in [3.05, 3.63) is 114 Å². The monoisotopic (exact) mass is 824 g/mol. The summed E-state index contributed by atoms with van der Waals surface area (Å²) in [6, 6.07) is 31.2. The zero-order chi connectivity index (χ0) is 39.7. The zero-order valence-corrected chi connectivity index (χ0v) is 32.0. The zero-order valence-electron chi connectivity index (χ0n) is 31.2. The Hall–Kier alpha value is -5.73. The Kier molecular flexibility index (Phi) is 13.6. The molecule has 6 aromatic rings. The third-order valence-corrected chi connectivity index (χ3v) is 9.97. The maximum absolute atomic E-state index is 12.6. The molecule has 0 bridgehead atoms. The standard InChI is InChI=1S/C40H40N12O5S.Na.H/c53-58(54,55)34-27-33(44-38-46-36(42-31-9-5-2-6-10-31)48-40(50-38)52-21-25-57-26-22-52)18-15-29(34)14-11-28-12-16-32(17-13-28)43-37-45-35(41-30-7-3-1-4-8-30)47-39(49-37)51-19-23-56-24-20-51;;/h1-18,27H,19-26H2,(H,53,54,55)(H2,41,43,45,47,49)(H2,42,44,46,48,50);;. The van der Waals surface area contributed by atoms with Crippen LogP contribution in [0.2, 0.25) is 0 Å². The van der Waals surface area contributed by atoms with Crippen LogP contribution in [0.1, 0.15) is 11.1 Å². The van der Waals surface area contributed by atoms with Gasteiger partial charge in [0.25, 0.3) is 10.1 Å². The molecule has 0 aliphatic carbocycles. The molecule has 8 rings (SSSR count). The second-order valence-corrected chi connectivity index (χ2v) is 14.6. The summed E-state index contributed by atoms with van der Waals surface area (Å²) < 4.78 is 46.6. The Morgan fingerprint density at radius 1 is 0.525 bits per heavy atom. The Morgan fingerprint density at radius 2 is 0.932 bits per heavy atom. The van der Waals surface area contributed by atoms with Crippen LogP contribution in [-0.2, 0) is 19.6 Å². The summed E-state index contributed by atoms with van der Waals surface area (Å²) in [6.07, 6.45) is 3.38. The van der Waals surface area contributed by atoms with Gasteiger partial charge in [0.1, 0.15) is 4.90 Å². The van der Waals surface area contributed by atoms with Gasteiger partial charge in [0.05, 0.1) is 26.4 Å². The first-order valence-electron chi connectivity index (χ1n) is 18.6. The van der Waals surface area contributed by atoms with Crippen molar-refractivity contribution >= 4 is 110 Å². The summed E-state index contributed by atoms with van der Waals surface area (Å²) in [5, 5.41) is 12.8. The van der Waals surface area contributed by atoms with E-state index in [1.165, 1.54) is 6.07 Å². The van der Waals surface area contributed by atoms with E-state index >= 15 is 0 Å². The molecule has 2 aliphatic rings. The minimum absolute atomic E-state index is 0. The number of aromatic nitrogens is 6. The van der Waals surface area contributed by atoms with Crippen molar-refractivity contribution in [2.24, 2.45) is 0 Å². The third kappa shape index (κ3) is 11.3. The van der Waals surface area contributed by atoms with Gasteiger partial charge in [-0.3, -0.25) is 4.55 Å². The van der Waals surface area contributed by atoms with Crippen LogP contribution in [0.15, 0.2) is 108 Å². The summed E-state index contributed by atoms with van der Waals surface area (Å²) in [6.45, 7) is 4.78. The molecule has 0 atom stereocenters. The van der Waals surface area contributed by atoms with E-state index in [2.05, 4.69) is 56.1 Å². The quantitative estimate of drug-likeness (QED) is 0.0556. The molecule has 4 heterocycles. The number of morpholine rings is 2.